The molecule has 2 saturated carbocycles. The van der Waals surface area contributed by atoms with E-state index in [2.05, 4.69) is 24.1 Å². The van der Waals surface area contributed by atoms with E-state index in [4.69, 9.17) is 10.5 Å². The van der Waals surface area contributed by atoms with E-state index in [-0.39, 0.29) is 53.8 Å². The number of rotatable bonds is 4. The SMILES string of the molecule is CC1(C)CN(C2(CNC(=O)C3CCCC(N)C3)CCCCC2)CCO1.Cl.Cl. The molecule has 2 unspecified atom stereocenters. The summed E-state index contributed by atoms with van der Waals surface area (Å²) in [6, 6.07) is 0.202. The number of hydrogen-bond acceptors (Lipinski definition) is 4. The molecule has 3 rings (SSSR count). The molecule has 27 heavy (non-hydrogen) atoms. The lowest BCUT2D eigenvalue weighted by Gasteiger charge is -2.51. The lowest BCUT2D eigenvalue weighted by atomic mass is 9.78. The zero-order chi connectivity index (χ0) is 17.9. The largest absolute Gasteiger partial charge is 0.373 e. The van der Waals surface area contributed by atoms with E-state index in [0.717, 1.165) is 51.9 Å². The zero-order valence-corrected chi connectivity index (χ0v) is 18.6. The Morgan fingerprint density at radius 1 is 1.15 bits per heavy atom. The fourth-order valence-electron chi connectivity index (χ4n) is 5.10. The van der Waals surface area contributed by atoms with E-state index in [1.165, 1.54) is 32.1 Å². The van der Waals surface area contributed by atoms with Crippen molar-refractivity contribution in [1.29, 1.82) is 0 Å². The van der Waals surface area contributed by atoms with Crippen molar-refractivity contribution in [2.24, 2.45) is 11.7 Å². The van der Waals surface area contributed by atoms with Crippen LogP contribution in [0.5, 0.6) is 0 Å². The third-order valence-electron chi connectivity index (χ3n) is 6.56. The van der Waals surface area contributed by atoms with Crippen molar-refractivity contribution in [3.8, 4) is 0 Å². The Balaban J connectivity index is 0.00000182. The first kappa shape index (κ1) is 25.0. The zero-order valence-electron chi connectivity index (χ0n) is 17.0. The molecule has 2 atom stereocenters. The third kappa shape index (κ3) is 6.46. The third-order valence-corrected chi connectivity index (χ3v) is 6.56. The number of halogens is 2. The van der Waals surface area contributed by atoms with Gasteiger partial charge >= 0.3 is 0 Å². The van der Waals surface area contributed by atoms with E-state index in [1.54, 1.807) is 0 Å². The van der Waals surface area contributed by atoms with Gasteiger partial charge in [-0.05, 0) is 46.0 Å². The standard InChI is InChI=1S/C20H37N3O2.2ClH/c1-19(2)15-23(11-12-25-19)20(9-4-3-5-10-20)14-22-18(24)16-7-6-8-17(21)13-16;;/h16-17H,3-15,21H2,1-2H3,(H,22,24);2*1H. The van der Waals surface area contributed by atoms with Crippen LogP contribution in [0.1, 0.15) is 71.6 Å². The highest BCUT2D eigenvalue weighted by Crippen LogP contribution is 2.36. The summed E-state index contributed by atoms with van der Waals surface area (Å²) in [7, 11) is 0. The number of carbonyl (C=O) groups excluding carboxylic acids is 1. The molecule has 1 heterocycles. The highest BCUT2D eigenvalue weighted by atomic mass is 35.5. The summed E-state index contributed by atoms with van der Waals surface area (Å²) in [5.41, 5.74) is 6.09. The molecule has 3 fully saturated rings. The molecule has 1 aliphatic heterocycles. The number of ether oxygens (including phenoxy) is 1. The van der Waals surface area contributed by atoms with Crippen molar-refractivity contribution in [2.75, 3.05) is 26.2 Å². The normalized spacial score (nSPS) is 30.5. The van der Waals surface area contributed by atoms with Gasteiger partial charge in [0.1, 0.15) is 0 Å². The van der Waals surface area contributed by atoms with Crippen LogP contribution in [0.4, 0.5) is 0 Å². The lowest BCUT2D eigenvalue weighted by Crippen LogP contribution is -2.63. The average molecular weight is 424 g/mol. The van der Waals surface area contributed by atoms with Crippen LogP contribution in [-0.4, -0.2) is 54.2 Å². The maximum absolute atomic E-state index is 12.7. The molecule has 160 valence electrons. The molecule has 3 N–H and O–H groups in total. The highest BCUT2D eigenvalue weighted by molar-refractivity contribution is 5.85. The first-order valence-corrected chi connectivity index (χ1v) is 10.3. The minimum absolute atomic E-state index is 0. The quantitative estimate of drug-likeness (QED) is 0.727. The minimum atomic E-state index is -0.0944. The van der Waals surface area contributed by atoms with Gasteiger partial charge in [0.25, 0.3) is 0 Å². The fraction of sp³-hybridized carbons (Fsp3) is 0.950. The van der Waals surface area contributed by atoms with Crippen LogP contribution >= 0.6 is 24.8 Å². The Morgan fingerprint density at radius 2 is 1.85 bits per heavy atom. The summed E-state index contributed by atoms with van der Waals surface area (Å²) in [4.78, 5) is 15.3. The number of hydrogen-bond donors (Lipinski definition) is 2. The van der Waals surface area contributed by atoms with E-state index in [0.29, 0.717) is 0 Å². The molecule has 0 aromatic carbocycles. The van der Waals surface area contributed by atoms with E-state index in [1.807, 2.05) is 0 Å². The van der Waals surface area contributed by atoms with Crippen molar-refractivity contribution in [3.05, 3.63) is 0 Å². The molecule has 7 heteroatoms. The first-order valence-electron chi connectivity index (χ1n) is 10.3. The van der Waals surface area contributed by atoms with Crippen LogP contribution in [0.15, 0.2) is 0 Å². The van der Waals surface area contributed by atoms with Gasteiger partial charge < -0.3 is 15.8 Å². The molecule has 0 radical (unpaired) electrons. The Hall–Kier alpha value is -0.0700. The molecular weight excluding hydrogens is 385 g/mol. The second kappa shape index (κ2) is 10.6. The first-order chi connectivity index (χ1) is 11.9. The van der Waals surface area contributed by atoms with Crippen LogP contribution in [0, 0.1) is 5.92 Å². The second-order valence-corrected chi connectivity index (χ2v) is 9.16. The highest BCUT2D eigenvalue weighted by Gasteiger charge is 2.42. The van der Waals surface area contributed by atoms with Gasteiger partial charge in [0, 0.05) is 37.1 Å². The van der Waals surface area contributed by atoms with E-state index < -0.39 is 0 Å². The van der Waals surface area contributed by atoms with Gasteiger partial charge in [0.2, 0.25) is 5.91 Å². The number of amides is 1. The molecule has 0 spiro atoms. The minimum Gasteiger partial charge on any atom is -0.373 e. The summed E-state index contributed by atoms with van der Waals surface area (Å²) in [5, 5.41) is 3.33. The smallest absolute Gasteiger partial charge is 0.223 e. The summed E-state index contributed by atoms with van der Waals surface area (Å²) in [6.07, 6.45) is 10.2. The van der Waals surface area contributed by atoms with E-state index >= 15 is 0 Å². The van der Waals surface area contributed by atoms with Gasteiger partial charge in [-0.15, -0.1) is 24.8 Å². The molecular formula is C20H39Cl2N3O2. The molecule has 1 amide bonds. The maximum atomic E-state index is 12.7. The van der Waals surface area contributed by atoms with Gasteiger partial charge in [-0.3, -0.25) is 9.69 Å². The van der Waals surface area contributed by atoms with Gasteiger partial charge in [0.05, 0.1) is 12.2 Å². The molecule has 0 aromatic heterocycles. The Bertz CT molecular complexity index is 470. The van der Waals surface area contributed by atoms with Crippen LogP contribution in [-0.2, 0) is 9.53 Å². The van der Waals surface area contributed by atoms with Crippen molar-refractivity contribution in [3.63, 3.8) is 0 Å². The average Bonchev–Trinajstić information content (AvgIpc) is 2.59. The molecule has 0 bridgehead atoms. The number of nitrogens with two attached hydrogens (primary N) is 1. The summed E-state index contributed by atoms with van der Waals surface area (Å²) >= 11 is 0. The summed E-state index contributed by atoms with van der Waals surface area (Å²) in [6.45, 7) is 7.87. The molecule has 3 aliphatic rings. The van der Waals surface area contributed by atoms with Gasteiger partial charge in [-0.1, -0.05) is 25.7 Å². The monoisotopic (exact) mass is 423 g/mol. The second-order valence-electron chi connectivity index (χ2n) is 9.16. The Kier molecular flexibility index (Phi) is 9.83. The van der Waals surface area contributed by atoms with Crippen molar-refractivity contribution in [2.45, 2.75) is 88.8 Å². The molecule has 0 aromatic rings. The van der Waals surface area contributed by atoms with Crippen LogP contribution < -0.4 is 11.1 Å². The number of carbonyl (C=O) groups is 1. The Morgan fingerprint density at radius 3 is 2.48 bits per heavy atom. The van der Waals surface area contributed by atoms with Gasteiger partial charge in [0.15, 0.2) is 0 Å². The van der Waals surface area contributed by atoms with Crippen molar-refractivity contribution in [1.82, 2.24) is 10.2 Å². The van der Waals surface area contributed by atoms with Crippen molar-refractivity contribution >= 4 is 30.7 Å². The molecule has 2 aliphatic carbocycles. The van der Waals surface area contributed by atoms with Crippen molar-refractivity contribution < 1.29 is 9.53 Å². The predicted octanol–water partition coefficient (Wildman–Crippen LogP) is 3.28. The van der Waals surface area contributed by atoms with Crippen LogP contribution in [0.2, 0.25) is 0 Å². The summed E-state index contributed by atoms with van der Waals surface area (Å²) in [5.74, 6) is 0.345. The molecule has 1 saturated heterocycles. The van der Waals surface area contributed by atoms with Gasteiger partial charge in [-0.25, -0.2) is 0 Å². The number of nitrogens with one attached hydrogen (secondary N) is 1. The predicted molar refractivity (Wildman–Crippen MR) is 115 cm³/mol. The summed E-state index contributed by atoms with van der Waals surface area (Å²) < 4.78 is 5.92. The Labute approximate surface area is 177 Å². The van der Waals surface area contributed by atoms with Gasteiger partial charge in [-0.2, -0.15) is 0 Å². The maximum Gasteiger partial charge on any atom is 0.223 e. The van der Waals surface area contributed by atoms with Crippen LogP contribution in [0.3, 0.4) is 0 Å². The lowest BCUT2D eigenvalue weighted by molar-refractivity contribution is -0.132. The van der Waals surface area contributed by atoms with Crippen LogP contribution in [0.25, 0.3) is 0 Å². The topological polar surface area (TPSA) is 67.6 Å². The fourth-order valence-corrected chi connectivity index (χ4v) is 5.10. The van der Waals surface area contributed by atoms with E-state index in [9.17, 15) is 4.79 Å². The molecule has 5 nitrogen and oxygen atoms in total. The number of morpholine rings is 1. The number of nitrogens with zero attached hydrogens (tertiary/aromatic N) is 1.